The Bertz CT molecular complexity index is 931. The number of nitrogens with one attached hydrogen (secondary N) is 1. The number of hydrogen-bond donors (Lipinski definition) is 2. The van der Waals surface area contributed by atoms with Crippen LogP contribution in [-0.4, -0.2) is 41.1 Å². The molecule has 2 aromatic rings. The van der Waals surface area contributed by atoms with Crippen LogP contribution in [-0.2, 0) is 10.0 Å². The van der Waals surface area contributed by atoms with E-state index in [9.17, 15) is 13.5 Å². The number of hydrogen-bond acceptors (Lipinski definition) is 7. The van der Waals surface area contributed by atoms with E-state index in [0.717, 1.165) is 0 Å². The van der Waals surface area contributed by atoms with E-state index in [2.05, 4.69) is 25.9 Å². The van der Waals surface area contributed by atoms with Crippen molar-refractivity contribution in [2.24, 2.45) is 5.10 Å². The highest BCUT2D eigenvalue weighted by Gasteiger charge is 2.16. The zero-order valence-corrected chi connectivity index (χ0v) is 16.6. The minimum atomic E-state index is -3.90. The summed E-state index contributed by atoms with van der Waals surface area (Å²) in [6.45, 7) is 0. The van der Waals surface area contributed by atoms with E-state index in [-0.39, 0.29) is 22.1 Å². The highest BCUT2D eigenvalue weighted by atomic mass is 79.9. The molecule has 2 aromatic carbocycles. The van der Waals surface area contributed by atoms with E-state index in [1.165, 1.54) is 51.8 Å². The quantitative estimate of drug-likeness (QED) is 0.501. The molecule has 0 unspecified atom stereocenters. The predicted molar refractivity (Wildman–Crippen MR) is 99.8 cm³/mol. The van der Waals surface area contributed by atoms with Crippen LogP contribution in [0, 0.1) is 0 Å². The van der Waals surface area contributed by atoms with Gasteiger partial charge in [0.1, 0.15) is 0 Å². The average molecular weight is 445 g/mol. The number of benzene rings is 2. The van der Waals surface area contributed by atoms with Crippen LogP contribution in [0.5, 0.6) is 23.0 Å². The molecule has 0 spiro atoms. The second-order valence-electron chi connectivity index (χ2n) is 4.92. The molecule has 0 atom stereocenters. The van der Waals surface area contributed by atoms with Gasteiger partial charge in [0.15, 0.2) is 23.0 Å². The van der Waals surface area contributed by atoms with Gasteiger partial charge in [-0.2, -0.15) is 13.5 Å². The number of phenols is 1. The van der Waals surface area contributed by atoms with Crippen LogP contribution < -0.4 is 19.0 Å². The number of methoxy groups -OCH3 is 3. The summed E-state index contributed by atoms with van der Waals surface area (Å²) in [5.41, 5.74) is 0.515. The lowest BCUT2D eigenvalue weighted by Crippen LogP contribution is -2.18. The van der Waals surface area contributed by atoms with Gasteiger partial charge in [0, 0.05) is 6.07 Å². The van der Waals surface area contributed by atoms with Crippen molar-refractivity contribution in [1.29, 1.82) is 0 Å². The molecule has 0 aliphatic rings. The van der Waals surface area contributed by atoms with E-state index in [1.807, 2.05) is 0 Å². The zero-order valence-electron chi connectivity index (χ0n) is 14.2. The maximum absolute atomic E-state index is 12.3. The van der Waals surface area contributed by atoms with Crippen LogP contribution in [0.1, 0.15) is 5.56 Å². The van der Waals surface area contributed by atoms with Crippen molar-refractivity contribution >= 4 is 32.2 Å². The molecule has 140 valence electrons. The van der Waals surface area contributed by atoms with Gasteiger partial charge in [-0.1, -0.05) is 0 Å². The maximum Gasteiger partial charge on any atom is 0.276 e. The molecule has 0 aliphatic heterocycles. The molecule has 0 saturated carbocycles. The molecule has 0 heterocycles. The smallest absolute Gasteiger partial charge is 0.276 e. The van der Waals surface area contributed by atoms with Crippen LogP contribution in [0.3, 0.4) is 0 Å². The zero-order chi connectivity index (χ0) is 19.3. The summed E-state index contributed by atoms with van der Waals surface area (Å²) in [6.07, 6.45) is 1.28. The SMILES string of the molecule is COc1ccc(S(=O)(=O)N/N=C\c2cc(Br)c(O)c(OC)c2)cc1OC. The Morgan fingerprint density at radius 1 is 1.04 bits per heavy atom. The standard InChI is InChI=1S/C16H17BrN2O6S/c1-23-13-5-4-11(8-14(13)24-2)26(21,22)19-18-9-10-6-12(17)16(20)15(7-10)25-3/h4-9,19-20H,1-3H3/b18-9-. The Labute approximate surface area is 159 Å². The summed E-state index contributed by atoms with van der Waals surface area (Å²) in [4.78, 5) is 2.08. The van der Waals surface area contributed by atoms with Gasteiger partial charge in [-0.25, -0.2) is 4.83 Å². The van der Waals surface area contributed by atoms with Gasteiger partial charge in [0.2, 0.25) is 0 Å². The Morgan fingerprint density at radius 2 is 1.69 bits per heavy atom. The lowest BCUT2D eigenvalue weighted by atomic mass is 10.2. The fraction of sp³-hybridized carbons (Fsp3) is 0.188. The van der Waals surface area contributed by atoms with Crippen molar-refractivity contribution in [3.05, 3.63) is 40.4 Å². The van der Waals surface area contributed by atoms with Crippen molar-refractivity contribution in [1.82, 2.24) is 4.83 Å². The molecule has 0 saturated heterocycles. The number of hydrazone groups is 1. The van der Waals surface area contributed by atoms with Crippen molar-refractivity contribution < 1.29 is 27.7 Å². The van der Waals surface area contributed by atoms with Crippen molar-refractivity contribution in [3.8, 4) is 23.0 Å². The summed E-state index contributed by atoms with van der Waals surface area (Å²) >= 11 is 3.18. The molecule has 0 aromatic heterocycles. The Hall–Kier alpha value is -2.46. The van der Waals surface area contributed by atoms with Gasteiger partial charge in [0.05, 0.1) is 36.9 Å². The number of phenolic OH excluding ortho intramolecular Hbond substituents is 1. The Morgan fingerprint density at radius 3 is 2.31 bits per heavy atom. The number of nitrogens with zero attached hydrogens (tertiary/aromatic N) is 1. The largest absolute Gasteiger partial charge is 0.503 e. The van der Waals surface area contributed by atoms with Crippen LogP contribution >= 0.6 is 15.9 Å². The van der Waals surface area contributed by atoms with Crippen LogP contribution in [0.15, 0.2) is 44.8 Å². The number of sulfonamides is 1. The average Bonchev–Trinajstić information content (AvgIpc) is 2.63. The number of ether oxygens (including phenoxy) is 3. The monoisotopic (exact) mass is 444 g/mol. The topological polar surface area (TPSA) is 106 Å². The van der Waals surface area contributed by atoms with Gasteiger partial charge < -0.3 is 19.3 Å². The highest BCUT2D eigenvalue weighted by Crippen LogP contribution is 2.34. The first-order chi connectivity index (χ1) is 12.3. The third kappa shape index (κ3) is 4.38. The lowest BCUT2D eigenvalue weighted by molar-refractivity contribution is 0.354. The van der Waals surface area contributed by atoms with E-state index >= 15 is 0 Å². The van der Waals surface area contributed by atoms with Crippen LogP contribution in [0.4, 0.5) is 0 Å². The Balaban J connectivity index is 2.23. The molecule has 0 amide bonds. The minimum absolute atomic E-state index is 0.0308. The molecular weight excluding hydrogens is 428 g/mol. The van der Waals surface area contributed by atoms with E-state index < -0.39 is 10.0 Å². The van der Waals surface area contributed by atoms with Crippen molar-refractivity contribution in [2.75, 3.05) is 21.3 Å². The Kier molecular flexibility index (Phi) is 6.32. The highest BCUT2D eigenvalue weighted by molar-refractivity contribution is 9.10. The van der Waals surface area contributed by atoms with Gasteiger partial charge in [-0.05, 0) is 45.8 Å². The minimum Gasteiger partial charge on any atom is -0.503 e. The second kappa shape index (κ2) is 8.28. The van der Waals surface area contributed by atoms with Crippen molar-refractivity contribution in [3.63, 3.8) is 0 Å². The van der Waals surface area contributed by atoms with Crippen molar-refractivity contribution in [2.45, 2.75) is 4.90 Å². The molecule has 2 N–H and O–H groups in total. The van der Waals surface area contributed by atoms with Gasteiger partial charge in [-0.3, -0.25) is 0 Å². The number of halogens is 1. The predicted octanol–water partition coefficient (Wildman–Crippen LogP) is 2.49. The molecule has 8 nitrogen and oxygen atoms in total. The summed E-state index contributed by atoms with van der Waals surface area (Å²) in [7, 11) is 0.377. The number of rotatable bonds is 7. The molecule has 0 fully saturated rings. The summed E-state index contributed by atoms with van der Waals surface area (Å²) in [5.74, 6) is 0.863. The van der Waals surface area contributed by atoms with Gasteiger partial charge in [-0.15, -0.1) is 0 Å². The van der Waals surface area contributed by atoms with Gasteiger partial charge >= 0.3 is 0 Å². The third-order valence-corrected chi connectivity index (χ3v) is 5.15. The fourth-order valence-corrected chi connectivity index (χ4v) is 3.30. The van der Waals surface area contributed by atoms with E-state index in [1.54, 1.807) is 6.07 Å². The molecule has 10 heteroatoms. The molecule has 0 aliphatic carbocycles. The molecule has 0 radical (unpaired) electrons. The first kappa shape index (κ1) is 19.9. The van der Waals surface area contributed by atoms with Gasteiger partial charge in [0.25, 0.3) is 10.0 Å². The molecular formula is C16H17BrN2O6S. The maximum atomic E-state index is 12.3. The molecule has 26 heavy (non-hydrogen) atoms. The lowest BCUT2D eigenvalue weighted by Gasteiger charge is -2.10. The summed E-state index contributed by atoms with van der Waals surface area (Å²) in [5, 5.41) is 13.5. The molecule has 2 rings (SSSR count). The first-order valence-corrected chi connectivity index (χ1v) is 9.43. The summed E-state index contributed by atoms with van der Waals surface area (Å²) in [6, 6.07) is 7.26. The van der Waals surface area contributed by atoms with Crippen LogP contribution in [0.2, 0.25) is 0 Å². The summed E-state index contributed by atoms with van der Waals surface area (Å²) < 4.78 is 40.3. The third-order valence-electron chi connectivity index (χ3n) is 3.32. The first-order valence-electron chi connectivity index (χ1n) is 7.15. The number of aromatic hydroxyl groups is 1. The van der Waals surface area contributed by atoms with Crippen LogP contribution in [0.25, 0.3) is 0 Å². The molecule has 0 bridgehead atoms. The van der Waals surface area contributed by atoms with E-state index in [0.29, 0.717) is 15.8 Å². The fourth-order valence-electron chi connectivity index (χ4n) is 2.03. The normalized spacial score (nSPS) is 11.4. The van der Waals surface area contributed by atoms with E-state index in [4.69, 9.17) is 14.2 Å². The second-order valence-corrected chi connectivity index (χ2v) is 7.44.